The molecule has 0 aromatic heterocycles. The Labute approximate surface area is 763 Å². The molecular weight excluding hydrogens is 1550 g/mol. The van der Waals surface area contributed by atoms with Crippen LogP contribution in [-0.2, 0) is 51.4 Å². The summed E-state index contributed by atoms with van der Waals surface area (Å²) >= 11 is 0. The second-order valence-corrected chi connectivity index (χ2v) is 44.4. The molecule has 8 aliphatic carbocycles. The standard InChI is InChI=1S/C31H40N2O.C30H46N2O.C29H44N2O.C24H34N2O/c1-22(2)30-29-19-26-11-7-8-12-27(26)28(29)17-18-33(30)31(34)25-15-13-24(14-16-25)21-32(3)20-23-9-5-4-6-10-23;1-21(2)28-27-19-24-9-7-8-10-25(24)26(27)15-17-32(28)29(33)23-13-11-22(12-14-23)20-31(6)18-16-30(3,4)5;1-20(2)14-16-30(5)19-22-10-12-23(13-11-22)29(32)31-17-15-26-25-9-7-6-8-24(25)18-27(26)28(31)21(3)4;1-16(2)23-22-14-19-6-4-5-7-20(19)21(22)12-13-26(23)24(27)18-10-8-17(9-11-18)15-25-3/h4-12,22,24-25,30H,13-21H2,1-3H3;7-10,21-23,28H,11-20H2,1-6H3;6-9,20-23,28H,10-19H2,1-5H3;4-7,16-18,23,25H,8-15H2,1-3H3. The lowest BCUT2D eigenvalue weighted by molar-refractivity contribution is -0.140. The number of hydrogen-bond donors (Lipinski definition) is 1. The molecule has 5 aromatic carbocycles. The van der Waals surface area contributed by atoms with Crippen LogP contribution >= 0.6 is 0 Å². The van der Waals surface area contributed by atoms with E-state index in [1.165, 1.54) is 185 Å². The fourth-order valence-electron chi connectivity index (χ4n) is 25.5. The van der Waals surface area contributed by atoms with Crippen molar-refractivity contribution in [3.63, 3.8) is 0 Å². The smallest absolute Gasteiger partial charge is 0.226 e. The normalized spacial score (nSPS) is 25.8. The molecule has 4 amide bonds. The van der Waals surface area contributed by atoms with Gasteiger partial charge < -0.3 is 39.6 Å². The summed E-state index contributed by atoms with van der Waals surface area (Å²) in [6.45, 7) is 41.5. The number of carbonyl (C=O) groups is 4. The first-order valence-corrected chi connectivity index (χ1v) is 50.8. The van der Waals surface area contributed by atoms with Crippen molar-refractivity contribution in [1.82, 2.24) is 39.6 Å². The molecule has 4 heterocycles. The molecule has 17 rings (SSSR count). The summed E-state index contributed by atoms with van der Waals surface area (Å²) in [6, 6.07) is 47.3. The summed E-state index contributed by atoms with van der Waals surface area (Å²) in [4.78, 5) is 71.4. The Kier molecular flexibility index (Phi) is 32.5. The van der Waals surface area contributed by atoms with Gasteiger partial charge in [0, 0.05) is 76.0 Å². The third-order valence-corrected chi connectivity index (χ3v) is 31.9. The maximum atomic E-state index is 13.8. The number of nitrogens with one attached hydrogen (secondary N) is 1. The lowest BCUT2D eigenvalue weighted by atomic mass is 9.79. The first kappa shape index (κ1) is 94.9. The molecule has 4 fully saturated rings. The predicted molar refractivity (Wildman–Crippen MR) is 525 cm³/mol. The van der Waals surface area contributed by atoms with Crippen molar-refractivity contribution in [2.24, 2.45) is 82.3 Å². The molecule has 126 heavy (non-hydrogen) atoms. The van der Waals surface area contributed by atoms with Gasteiger partial charge in [-0.05, 0) is 368 Å². The van der Waals surface area contributed by atoms with Gasteiger partial charge in [-0.25, -0.2) is 0 Å². The molecule has 12 heteroatoms. The number of nitrogens with zero attached hydrogens (tertiary/aromatic N) is 7. The van der Waals surface area contributed by atoms with E-state index in [0.717, 1.165) is 172 Å². The molecule has 5 aromatic rings. The summed E-state index contributed by atoms with van der Waals surface area (Å²) in [5, 5.41) is 3.30. The van der Waals surface area contributed by atoms with E-state index < -0.39 is 0 Å². The van der Waals surface area contributed by atoms with Gasteiger partial charge in [0.25, 0.3) is 0 Å². The van der Waals surface area contributed by atoms with Crippen LogP contribution in [0.3, 0.4) is 0 Å². The zero-order valence-electron chi connectivity index (χ0n) is 81.4. The Morgan fingerprint density at radius 3 is 0.905 bits per heavy atom. The van der Waals surface area contributed by atoms with Crippen LogP contribution < -0.4 is 5.32 Å². The SMILES string of the molecule is CC(C)C1C2=C(CCN1C(=O)C1CCC(CN(C)CCC(C)(C)C)CC1)c1ccccc1C2.CC(C)C1C2=C(CCN1C(=O)C1CCC(CN(C)Cc3ccccc3)CC1)c1ccccc1C2.CC(C)CCN(C)CC1CCC(C(=O)N2CCC3=C(Cc4ccccc43)C2C(C)C)CC1.CNCC1CCC(C(=O)N2CCC3=C(Cc4ccccc43)C2C(C)C)CC1. The maximum absolute atomic E-state index is 13.8. The van der Waals surface area contributed by atoms with Gasteiger partial charge in [0.05, 0.1) is 24.2 Å². The van der Waals surface area contributed by atoms with E-state index in [1.54, 1.807) is 0 Å². The Hall–Kier alpha value is -7.22. The van der Waals surface area contributed by atoms with E-state index >= 15 is 0 Å². The highest BCUT2D eigenvalue weighted by Gasteiger charge is 2.47. The van der Waals surface area contributed by atoms with Crippen molar-refractivity contribution in [3.8, 4) is 0 Å². The van der Waals surface area contributed by atoms with Gasteiger partial charge in [-0.2, -0.15) is 0 Å². The molecule has 12 nitrogen and oxygen atoms in total. The van der Waals surface area contributed by atoms with Crippen molar-refractivity contribution in [1.29, 1.82) is 0 Å². The lowest BCUT2D eigenvalue weighted by Crippen LogP contribution is -2.50. The second kappa shape index (κ2) is 43.2. The van der Waals surface area contributed by atoms with Crippen molar-refractivity contribution >= 4 is 45.9 Å². The van der Waals surface area contributed by atoms with Crippen molar-refractivity contribution in [3.05, 3.63) is 200 Å². The quantitative estimate of drug-likeness (QED) is 0.0690. The summed E-state index contributed by atoms with van der Waals surface area (Å²) in [7, 11) is 8.81. The summed E-state index contributed by atoms with van der Waals surface area (Å²) < 4.78 is 0. The zero-order chi connectivity index (χ0) is 89.2. The van der Waals surface area contributed by atoms with Gasteiger partial charge in [0.1, 0.15) is 0 Å². The molecule has 4 saturated carbocycles. The van der Waals surface area contributed by atoms with Gasteiger partial charge in [0.15, 0.2) is 0 Å². The predicted octanol–water partition coefficient (Wildman–Crippen LogP) is 22.9. The molecule has 0 saturated heterocycles. The van der Waals surface area contributed by atoms with Gasteiger partial charge in [-0.3, -0.25) is 19.2 Å². The molecule has 0 spiro atoms. The minimum atomic E-state index is 0.211. The van der Waals surface area contributed by atoms with Crippen LogP contribution in [0.1, 0.15) is 281 Å². The van der Waals surface area contributed by atoms with E-state index in [2.05, 4.69) is 278 Å². The van der Waals surface area contributed by atoms with Crippen molar-refractivity contribution in [2.75, 3.05) is 93.6 Å². The minimum absolute atomic E-state index is 0.211. The average Bonchev–Trinajstić information content (AvgIpc) is 1.61. The summed E-state index contributed by atoms with van der Waals surface area (Å²) in [6.07, 6.45) is 28.8. The highest BCUT2D eigenvalue weighted by atomic mass is 16.2. The van der Waals surface area contributed by atoms with Crippen molar-refractivity contribution in [2.45, 2.75) is 288 Å². The number of fused-ring (bicyclic) bond motifs is 8. The largest absolute Gasteiger partial charge is 0.335 e. The first-order valence-electron chi connectivity index (χ1n) is 50.8. The van der Waals surface area contributed by atoms with Crippen molar-refractivity contribution < 1.29 is 19.2 Å². The van der Waals surface area contributed by atoms with Gasteiger partial charge in [-0.1, -0.05) is 217 Å². The lowest BCUT2D eigenvalue weighted by Gasteiger charge is -2.42. The number of amides is 4. The Bertz CT molecular complexity index is 4620. The minimum Gasteiger partial charge on any atom is -0.335 e. The van der Waals surface area contributed by atoms with Crippen LogP contribution in [-0.4, -0.2) is 176 Å². The molecule has 12 aliphatic rings. The maximum Gasteiger partial charge on any atom is 0.226 e. The average molecular weight is 1710 g/mol. The molecule has 4 aliphatic heterocycles. The highest BCUT2D eigenvalue weighted by molar-refractivity contribution is 5.88. The molecule has 0 bridgehead atoms. The molecule has 4 unspecified atom stereocenters. The monoisotopic (exact) mass is 1710 g/mol. The van der Waals surface area contributed by atoms with E-state index in [-0.39, 0.29) is 47.8 Å². The molecule has 684 valence electrons. The van der Waals surface area contributed by atoms with Crippen LogP contribution in [0, 0.1) is 82.3 Å². The van der Waals surface area contributed by atoms with E-state index in [9.17, 15) is 19.2 Å². The molecule has 1 N–H and O–H groups in total. The second-order valence-electron chi connectivity index (χ2n) is 44.4. The molecular formula is C114H164N8O4. The topological polar surface area (TPSA) is 103 Å². The van der Waals surface area contributed by atoms with Gasteiger partial charge >= 0.3 is 0 Å². The van der Waals surface area contributed by atoms with E-state index in [1.807, 2.05) is 7.05 Å². The van der Waals surface area contributed by atoms with Gasteiger partial charge in [-0.15, -0.1) is 0 Å². The first-order chi connectivity index (χ1) is 60.6. The number of benzene rings is 5. The Morgan fingerprint density at radius 2 is 0.627 bits per heavy atom. The number of hydrogen-bond acceptors (Lipinski definition) is 8. The van der Waals surface area contributed by atoms with E-state index in [0.29, 0.717) is 58.6 Å². The van der Waals surface area contributed by atoms with Crippen LogP contribution in [0.15, 0.2) is 150 Å². The molecule has 0 radical (unpaired) electrons. The fourth-order valence-corrected chi connectivity index (χ4v) is 25.5. The Morgan fingerprint density at radius 1 is 0.357 bits per heavy atom. The van der Waals surface area contributed by atoms with Crippen LogP contribution in [0.5, 0.6) is 0 Å². The Balaban J connectivity index is 0.000000137. The van der Waals surface area contributed by atoms with E-state index in [4.69, 9.17) is 0 Å². The summed E-state index contributed by atoms with van der Waals surface area (Å²) in [5.74, 6) is 8.24. The van der Waals surface area contributed by atoms with Gasteiger partial charge in [0.2, 0.25) is 23.6 Å². The number of carbonyl (C=O) groups excluding carboxylic acids is 4. The zero-order valence-corrected chi connectivity index (χ0v) is 81.4. The fraction of sp³-hybridized carbons (Fsp3) is 0.632. The van der Waals surface area contributed by atoms with Crippen LogP contribution in [0.2, 0.25) is 0 Å². The number of rotatable bonds is 23. The summed E-state index contributed by atoms with van der Waals surface area (Å²) in [5.41, 5.74) is 25.6. The third kappa shape index (κ3) is 22.7. The highest BCUT2D eigenvalue weighted by Crippen LogP contribution is 2.50. The van der Waals surface area contributed by atoms with Crippen LogP contribution in [0.4, 0.5) is 0 Å². The molecule has 4 atom stereocenters. The third-order valence-electron chi connectivity index (χ3n) is 31.9. The van der Waals surface area contributed by atoms with Crippen LogP contribution in [0.25, 0.3) is 22.3 Å².